The van der Waals surface area contributed by atoms with Crippen LogP contribution in [0.5, 0.6) is 0 Å². The van der Waals surface area contributed by atoms with Gasteiger partial charge in [-0.15, -0.1) is 0 Å². The van der Waals surface area contributed by atoms with Gasteiger partial charge in [0.15, 0.2) is 0 Å². The first kappa shape index (κ1) is 14.0. The van der Waals surface area contributed by atoms with Crippen LogP contribution < -0.4 is 5.32 Å². The lowest BCUT2D eigenvalue weighted by Crippen LogP contribution is -2.36. The van der Waals surface area contributed by atoms with Crippen LogP contribution in [0, 0.1) is 16.7 Å². The summed E-state index contributed by atoms with van der Waals surface area (Å²) in [7, 11) is 0. The summed E-state index contributed by atoms with van der Waals surface area (Å²) in [6, 6.07) is 8.89. The van der Waals surface area contributed by atoms with Crippen molar-refractivity contribution in [1.29, 1.82) is 5.26 Å². The van der Waals surface area contributed by atoms with E-state index in [2.05, 4.69) is 5.32 Å². The van der Waals surface area contributed by atoms with Gasteiger partial charge >= 0.3 is 5.97 Å². The fraction of sp³-hybridized carbons (Fsp3) is 0.429. The van der Waals surface area contributed by atoms with E-state index in [0.717, 1.165) is 5.69 Å². The minimum atomic E-state index is -0.823. The molecule has 0 saturated carbocycles. The lowest BCUT2D eigenvalue weighted by atomic mass is 9.84. The van der Waals surface area contributed by atoms with Crippen molar-refractivity contribution in [3.63, 3.8) is 0 Å². The van der Waals surface area contributed by atoms with E-state index in [1.165, 1.54) is 0 Å². The van der Waals surface area contributed by atoms with Crippen LogP contribution in [0.4, 0.5) is 5.69 Å². The highest BCUT2D eigenvalue weighted by Crippen LogP contribution is 2.25. The minimum Gasteiger partial charge on any atom is -0.481 e. The Morgan fingerprint density at radius 2 is 1.94 bits per heavy atom. The number of rotatable bonds is 4. The van der Waals surface area contributed by atoms with Gasteiger partial charge in [-0.2, -0.15) is 5.26 Å². The van der Waals surface area contributed by atoms with Crippen molar-refractivity contribution in [3.8, 4) is 6.07 Å². The number of nitrogens with zero attached hydrogens (tertiary/aromatic N) is 1. The Morgan fingerprint density at radius 1 is 1.39 bits per heavy atom. The predicted octanol–water partition coefficient (Wildman–Crippen LogP) is 2.86. The lowest BCUT2D eigenvalue weighted by molar-refractivity contribution is -0.137. The Kier molecular flexibility index (Phi) is 4.33. The van der Waals surface area contributed by atoms with E-state index in [1.54, 1.807) is 24.3 Å². The molecule has 1 aromatic carbocycles. The number of carboxylic acids is 1. The van der Waals surface area contributed by atoms with E-state index >= 15 is 0 Å². The van der Waals surface area contributed by atoms with Crippen LogP contribution in [0.1, 0.15) is 32.8 Å². The van der Waals surface area contributed by atoms with Gasteiger partial charge in [0.05, 0.1) is 18.1 Å². The largest absolute Gasteiger partial charge is 0.481 e. The van der Waals surface area contributed by atoms with Gasteiger partial charge in [0, 0.05) is 11.7 Å². The molecular weight excluding hydrogens is 228 g/mol. The predicted molar refractivity (Wildman–Crippen MR) is 70.3 cm³/mol. The van der Waals surface area contributed by atoms with E-state index in [-0.39, 0.29) is 17.9 Å². The maximum absolute atomic E-state index is 10.9. The molecular formula is C14H18N2O2. The summed E-state index contributed by atoms with van der Waals surface area (Å²) in [5.41, 5.74) is 1.26. The summed E-state index contributed by atoms with van der Waals surface area (Å²) in [5, 5.41) is 20.8. The van der Waals surface area contributed by atoms with Gasteiger partial charge in [-0.05, 0) is 29.7 Å². The summed E-state index contributed by atoms with van der Waals surface area (Å²) in [4.78, 5) is 10.9. The molecule has 1 unspecified atom stereocenters. The standard InChI is InChI=1S/C14H18N2O2/c1-14(2,3)12(8-13(17)18)16-11-6-4-10(9-15)5-7-11/h4-7,12,16H,8H2,1-3H3,(H,17,18). The van der Waals surface area contributed by atoms with Crippen LogP contribution in [-0.4, -0.2) is 17.1 Å². The van der Waals surface area contributed by atoms with Crippen molar-refractivity contribution in [1.82, 2.24) is 0 Å². The second-order valence-electron chi connectivity index (χ2n) is 5.35. The second kappa shape index (κ2) is 5.54. The average molecular weight is 246 g/mol. The highest BCUT2D eigenvalue weighted by atomic mass is 16.4. The molecule has 0 saturated heterocycles. The summed E-state index contributed by atoms with van der Waals surface area (Å²) >= 11 is 0. The maximum atomic E-state index is 10.9. The van der Waals surface area contributed by atoms with Crippen molar-refractivity contribution in [3.05, 3.63) is 29.8 Å². The van der Waals surface area contributed by atoms with Crippen LogP contribution >= 0.6 is 0 Å². The first-order valence-corrected chi connectivity index (χ1v) is 5.81. The highest BCUT2D eigenvalue weighted by Gasteiger charge is 2.26. The molecule has 1 atom stereocenters. The van der Waals surface area contributed by atoms with Crippen molar-refractivity contribution in [2.75, 3.05) is 5.32 Å². The molecule has 0 aliphatic rings. The topological polar surface area (TPSA) is 73.1 Å². The van der Waals surface area contributed by atoms with E-state index in [9.17, 15) is 4.79 Å². The fourth-order valence-corrected chi connectivity index (χ4v) is 1.59. The molecule has 0 aliphatic carbocycles. The summed E-state index contributed by atoms with van der Waals surface area (Å²) < 4.78 is 0. The zero-order valence-electron chi connectivity index (χ0n) is 10.9. The number of benzene rings is 1. The Labute approximate surface area is 107 Å². The van der Waals surface area contributed by atoms with Crippen molar-refractivity contribution < 1.29 is 9.90 Å². The molecule has 1 rings (SSSR count). The quantitative estimate of drug-likeness (QED) is 0.856. The molecule has 4 nitrogen and oxygen atoms in total. The number of nitrogens with one attached hydrogen (secondary N) is 1. The van der Waals surface area contributed by atoms with Crippen molar-refractivity contribution in [2.45, 2.75) is 33.2 Å². The number of hydrogen-bond donors (Lipinski definition) is 2. The Hall–Kier alpha value is -2.02. The number of carbonyl (C=O) groups is 1. The Bertz CT molecular complexity index is 452. The molecule has 0 radical (unpaired) electrons. The van der Waals surface area contributed by atoms with Gasteiger partial charge in [-0.3, -0.25) is 4.79 Å². The van der Waals surface area contributed by atoms with Crippen molar-refractivity contribution >= 4 is 11.7 Å². The third kappa shape index (κ3) is 4.10. The molecule has 0 heterocycles. The van der Waals surface area contributed by atoms with Crippen LogP contribution in [0.15, 0.2) is 24.3 Å². The molecule has 0 aromatic heterocycles. The zero-order chi connectivity index (χ0) is 13.8. The van der Waals surface area contributed by atoms with Crippen LogP contribution in [0.2, 0.25) is 0 Å². The SMILES string of the molecule is CC(C)(C)C(CC(=O)O)Nc1ccc(C#N)cc1. The van der Waals surface area contributed by atoms with E-state index in [4.69, 9.17) is 10.4 Å². The number of carboxylic acid groups (broad SMARTS) is 1. The molecule has 0 bridgehead atoms. The fourth-order valence-electron chi connectivity index (χ4n) is 1.59. The normalized spacial score (nSPS) is 12.6. The second-order valence-corrected chi connectivity index (χ2v) is 5.35. The molecule has 0 amide bonds. The van der Waals surface area contributed by atoms with E-state index < -0.39 is 5.97 Å². The first-order chi connectivity index (χ1) is 8.32. The Balaban J connectivity index is 2.83. The third-order valence-electron chi connectivity index (χ3n) is 2.78. The summed E-state index contributed by atoms with van der Waals surface area (Å²) in [6.07, 6.45) is 0.0590. The van der Waals surface area contributed by atoms with Crippen LogP contribution in [0.3, 0.4) is 0 Å². The van der Waals surface area contributed by atoms with E-state index in [0.29, 0.717) is 5.56 Å². The number of anilines is 1. The van der Waals surface area contributed by atoms with Crippen LogP contribution in [-0.2, 0) is 4.79 Å². The summed E-state index contributed by atoms with van der Waals surface area (Å²) in [5.74, 6) is -0.823. The molecule has 2 N–H and O–H groups in total. The number of aliphatic carboxylic acids is 1. The van der Waals surface area contributed by atoms with Gasteiger partial charge in [-0.25, -0.2) is 0 Å². The van der Waals surface area contributed by atoms with Crippen LogP contribution in [0.25, 0.3) is 0 Å². The summed E-state index contributed by atoms with van der Waals surface area (Å²) in [6.45, 7) is 5.99. The van der Waals surface area contributed by atoms with Gasteiger partial charge in [0.2, 0.25) is 0 Å². The van der Waals surface area contributed by atoms with Gasteiger partial charge in [0.1, 0.15) is 0 Å². The molecule has 18 heavy (non-hydrogen) atoms. The smallest absolute Gasteiger partial charge is 0.305 e. The molecule has 0 spiro atoms. The molecule has 1 aromatic rings. The monoisotopic (exact) mass is 246 g/mol. The Morgan fingerprint density at radius 3 is 2.33 bits per heavy atom. The maximum Gasteiger partial charge on any atom is 0.305 e. The van der Waals surface area contributed by atoms with Crippen molar-refractivity contribution in [2.24, 2.45) is 5.41 Å². The highest BCUT2D eigenvalue weighted by molar-refractivity contribution is 5.68. The van der Waals surface area contributed by atoms with Gasteiger partial charge in [-0.1, -0.05) is 20.8 Å². The first-order valence-electron chi connectivity index (χ1n) is 5.81. The molecule has 0 fully saturated rings. The van der Waals surface area contributed by atoms with Gasteiger partial charge in [0.25, 0.3) is 0 Å². The van der Waals surface area contributed by atoms with E-state index in [1.807, 2.05) is 26.8 Å². The molecule has 4 heteroatoms. The molecule has 0 aliphatic heterocycles. The third-order valence-corrected chi connectivity index (χ3v) is 2.78. The number of hydrogen-bond acceptors (Lipinski definition) is 3. The zero-order valence-corrected chi connectivity index (χ0v) is 10.9. The van der Waals surface area contributed by atoms with Gasteiger partial charge < -0.3 is 10.4 Å². The molecule has 96 valence electrons. The number of nitriles is 1. The average Bonchev–Trinajstić information content (AvgIpc) is 2.27. The minimum absolute atomic E-state index is 0.0590. The lowest BCUT2D eigenvalue weighted by Gasteiger charge is -2.31.